The molecule has 4 heteroatoms. The molecule has 2 aromatic rings. The van der Waals surface area contributed by atoms with Gasteiger partial charge in [0.15, 0.2) is 5.78 Å². The number of carbonyl (C=O) groups excluding carboxylic acids is 1. The monoisotopic (exact) mass is 166 g/mol. The first-order valence-corrected chi connectivity index (χ1v) is 4.01. The van der Waals surface area contributed by atoms with Gasteiger partial charge in [0, 0.05) is 13.1 Å². The highest BCUT2D eigenvalue weighted by Gasteiger charge is 2.04. The van der Waals surface area contributed by atoms with Crippen LogP contribution in [-0.2, 0) is 0 Å². The number of thiazole rings is 1. The van der Waals surface area contributed by atoms with Gasteiger partial charge in [-0.25, -0.2) is 4.98 Å². The third kappa shape index (κ3) is 0.952. The lowest BCUT2D eigenvalue weighted by molar-refractivity contribution is 0.102. The van der Waals surface area contributed by atoms with E-state index in [1.165, 1.54) is 11.3 Å². The molecule has 0 amide bonds. The lowest BCUT2D eigenvalue weighted by Crippen LogP contribution is -1.85. The second-order valence-electron chi connectivity index (χ2n) is 2.29. The Kier molecular flexibility index (Phi) is 1.29. The molecule has 3 nitrogen and oxygen atoms in total. The molecule has 0 fully saturated rings. The van der Waals surface area contributed by atoms with Gasteiger partial charge < -0.3 is 0 Å². The number of carbonyl (C=O) groups is 1. The molecule has 0 spiro atoms. The summed E-state index contributed by atoms with van der Waals surface area (Å²) < 4.78 is 1.85. The molecule has 11 heavy (non-hydrogen) atoms. The lowest BCUT2D eigenvalue weighted by Gasteiger charge is -1.80. The zero-order chi connectivity index (χ0) is 7.84. The fourth-order valence-corrected chi connectivity index (χ4v) is 1.75. The zero-order valence-corrected chi connectivity index (χ0v) is 6.76. The first-order chi connectivity index (χ1) is 5.27. The first-order valence-electron chi connectivity index (χ1n) is 3.20. The van der Waals surface area contributed by atoms with Crippen LogP contribution < -0.4 is 0 Å². The van der Waals surface area contributed by atoms with Crippen molar-refractivity contribution in [2.45, 2.75) is 6.92 Å². The number of aromatic nitrogens is 2. The van der Waals surface area contributed by atoms with Crippen LogP contribution in [0.1, 0.15) is 16.6 Å². The van der Waals surface area contributed by atoms with Crippen LogP contribution in [0, 0.1) is 0 Å². The molecule has 56 valence electrons. The van der Waals surface area contributed by atoms with E-state index in [1.807, 2.05) is 4.40 Å². The van der Waals surface area contributed by atoms with E-state index in [2.05, 4.69) is 4.98 Å². The molecule has 0 saturated carbocycles. The molecular weight excluding hydrogens is 160 g/mol. The third-order valence-electron chi connectivity index (χ3n) is 1.45. The third-order valence-corrected chi connectivity index (χ3v) is 2.59. The molecule has 0 aliphatic rings. The Hall–Kier alpha value is -1.16. The summed E-state index contributed by atoms with van der Waals surface area (Å²) in [6.07, 6.45) is 5.24. The number of rotatable bonds is 1. The van der Waals surface area contributed by atoms with Crippen LogP contribution in [0.2, 0.25) is 0 Å². The molecule has 0 radical (unpaired) electrons. The van der Waals surface area contributed by atoms with Crippen LogP contribution in [0.3, 0.4) is 0 Å². The van der Waals surface area contributed by atoms with Gasteiger partial charge in [-0.3, -0.25) is 9.20 Å². The Morgan fingerprint density at radius 3 is 3.18 bits per heavy atom. The van der Waals surface area contributed by atoms with E-state index in [4.69, 9.17) is 0 Å². The zero-order valence-electron chi connectivity index (χ0n) is 5.94. The van der Waals surface area contributed by atoms with Gasteiger partial charge >= 0.3 is 0 Å². The number of imidazole rings is 1. The predicted molar refractivity (Wildman–Crippen MR) is 43.1 cm³/mol. The predicted octanol–water partition coefficient (Wildman–Crippen LogP) is 1.60. The lowest BCUT2D eigenvalue weighted by atomic mass is 10.4. The molecule has 2 heterocycles. The summed E-state index contributed by atoms with van der Waals surface area (Å²) in [4.78, 5) is 16.6. The fourth-order valence-electron chi connectivity index (χ4n) is 0.897. The summed E-state index contributed by atoms with van der Waals surface area (Å²) in [6, 6.07) is 0. The van der Waals surface area contributed by atoms with E-state index in [0.717, 1.165) is 9.71 Å². The van der Waals surface area contributed by atoms with E-state index in [1.54, 1.807) is 25.6 Å². The van der Waals surface area contributed by atoms with Crippen molar-refractivity contribution in [3.8, 4) is 0 Å². The van der Waals surface area contributed by atoms with Gasteiger partial charge in [-0.1, -0.05) is 0 Å². The Labute approximate surface area is 67.3 Å². The van der Waals surface area contributed by atoms with Crippen molar-refractivity contribution in [1.82, 2.24) is 9.38 Å². The fraction of sp³-hybridized carbons (Fsp3) is 0.143. The van der Waals surface area contributed by atoms with Gasteiger partial charge in [-0.2, -0.15) is 0 Å². The maximum Gasteiger partial charge on any atom is 0.171 e. The summed E-state index contributed by atoms with van der Waals surface area (Å²) in [5.74, 6) is 0.110. The summed E-state index contributed by atoms with van der Waals surface area (Å²) >= 11 is 1.46. The number of hydrogen-bond acceptors (Lipinski definition) is 3. The molecular formula is C7H6N2OS. The van der Waals surface area contributed by atoms with E-state index >= 15 is 0 Å². The molecule has 0 saturated heterocycles. The molecule has 2 rings (SSSR count). The Morgan fingerprint density at radius 2 is 2.55 bits per heavy atom. The van der Waals surface area contributed by atoms with Crippen molar-refractivity contribution in [1.29, 1.82) is 0 Å². The van der Waals surface area contributed by atoms with Gasteiger partial charge in [-0.05, 0) is 0 Å². The number of ketones is 1. The van der Waals surface area contributed by atoms with Crippen molar-refractivity contribution >= 4 is 22.0 Å². The smallest absolute Gasteiger partial charge is 0.171 e. The molecule has 0 atom stereocenters. The SMILES string of the molecule is CC(=O)c1cn2cncc2s1. The Balaban J connectivity index is 2.67. The largest absolute Gasteiger partial charge is 0.296 e. The quantitative estimate of drug-likeness (QED) is 0.603. The Morgan fingerprint density at radius 1 is 1.73 bits per heavy atom. The minimum absolute atomic E-state index is 0.110. The molecule has 0 unspecified atom stereocenters. The van der Waals surface area contributed by atoms with Gasteiger partial charge in [0.25, 0.3) is 0 Å². The minimum atomic E-state index is 0.110. The summed E-state index contributed by atoms with van der Waals surface area (Å²) in [5.41, 5.74) is 0. The van der Waals surface area contributed by atoms with E-state index in [0.29, 0.717) is 0 Å². The highest BCUT2D eigenvalue weighted by molar-refractivity contribution is 7.19. The summed E-state index contributed by atoms with van der Waals surface area (Å²) in [6.45, 7) is 1.57. The molecule has 0 N–H and O–H groups in total. The molecule has 0 bridgehead atoms. The van der Waals surface area contributed by atoms with Crippen LogP contribution in [0.5, 0.6) is 0 Å². The minimum Gasteiger partial charge on any atom is -0.296 e. The molecule has 2 aromatic heterocycles. The number of Topliss-reactive ketones (excluding diaryl/α,β-unsaturated/α-hetero) is 1. The highest BCUT2D eigenvalue weighted by atomic mass is 32.1. The van der Waals surface area contributed by atoms with E-state index in [9.17, 15) is 4.79 Å². The van der Waals surface area contributed by atoms with Crippen LogP contribution >= 0.6 is 11.3 Å². The standard InChI is InChI=1S/C7H6N2OS/c1-5(10)6-3-9-4-8-2-7(9)11-6/h2-4H,1H3. The van der Waals surface area contributed by atoms with Crippen molar-refractivity contribution in [2.75, 3.05) is 0 Å². The van der Waals surface area contributed by atoms with Gasteiger partial charge in [0.05, 0.1) is 17.4 Å². The van der Waals surface area contributed by atoms with Crippen LogP contribution in [0.4, 0.5) is 0 Å². The summed E-state index contributed by atoms with van der Waals surface area (Å²) in [5, 5.41) is 0. The molecule has 0 aromatic carbocycles. The average molecular weight is 166 g/mol. The molecule has 0 aliphatic carbocycles. The van der Waals surface area contributed by atoms with Crippen molar-refractivity contribution in [2.24, 2.45) is 0 Å². The summed E-state index contributed by atoms with van der Waals surface area (Å²) in [7, 11) is 0. The van der Waals surface area contributed by atoms with E-state index in [-0.39, 0.29) is 5.78 Å². The van der Waals surface area contributed by atoms with Gasteiger partial charge in [0.2, 0.25) is 0 Å². The average Bonchev–Trinajstić information content (AvgIpc) is 2.40. The normalized spacial score (nSPS) is 10.6. The second-order valence-corrected chi connectivity index (χ2v) is 3.35. The van der Waals surface area contributed by atoms with Crippen molar-refractivity contribution in [3.05, 3.63) is 23.6 Å². The van der Waals surface area contributed by atoms with Gasteiger partial charge in [-0.15, -0.1) is 11.3 Å². The molecule has 0 aliphatic heterocycles. The van der Waals surface area contributed by atoms with E-state index < -0.39 is 0 Å². The number of nitrogens with zero attached hydrogens (tertiary/aromatic N) is 2. The van der Waals surface area contributed by atoms with Crippen LogP contribution in [-0.4, -0.2) is 15.2 Å². The topological polar surface area (TPSA) is 34.4 Å². The first kappa shape index (κ1) is 6.54. The van der Waals surface area contributed by atoms with Gasteiger partial charge in [0.1, 0.15) is 4.83 Å². The number of fused-ring (bicyclic) bond motifs is 1. The van der Waals surface area contributed by atoms with Crippen LogP contribution in [0.25, 0.3) is 4.83 Å². The van der Waals surface area contributed by atoms with Crippen molar-refractivity contribution < 1.29 is 4.79 Å². The van der Waals surface area contributed by atoms with Crippen LogP contribution in [0.15, 0.2) is 18.7 Å². The maximum absolute atomic E-state index is 10.9. The maximum atomic E-state index is 10.9. The highest BCUT2D eigenvalue weighted by Crippen LogP contribution is 2.17. The number of hydrogen-bond donors (Lipinski definition) is 0. The Bertz CT molecular complexity index is 373. The van der Waals surface area contributed by atoms with Crippen molar-refractivity contribution in [3.63, 3.8) is 0 Å². The second kappa shape index (κ2) is 2.17.